The van der Waals surface area contributed by atoms with E-state index >= 15 is 0 Å². The van der Waals surface area contributed by atoms with Crippen LogP contribution in [0.2, 0.25) is 0 Å². The lowest BCUT2D eigenvalue weighted by atomic mass is 10.1. The zero-order valence-corrected chi connectivity index (χ0v) is 9.80. The second kappa shape index (κ2) is 3.45. The Morgan fingerprint density at radius 1 is 1.14 bits per heavy atom. The van der Waals surface area contributed by atoms with Crippen LogP contribution in [-0.2, 0) is 12.8 Å². The lowest BCUT2D eigenvalue weighted by Gasteiger charge is -2.18. The highest BCUT2D eigenvalue weighted by atomic mass is 15.0. The van der Waals surface area contributed by atoms with Crippen LogP contribution < -0.4 is 0 Å². The highest BCUT2D eigenvalue weighted by Gasteiger charge is 2.21. The van der Waals surface area contributed by atoms with E-state index in [0.29, 0.717) is 12.0 Å². The van der Waals surface area contributed by atoms with E-state index in [9.17, 15) is 0 Å². The van der Waals surface area contributed by atoms with Gasteiger partial charge in [-0.05, 0) is 50.7 Å². The fourth-order valence-electron chi connectivity index (χ4n) is 2.64. The number of aryl methyl sites for hydroxylation is 1. The molecule has 0 N–H and O–H groups in total. The van der Waals surface area contributed by atoms with Crippen LogP contribution >= 0.6 is 0 Å². The molecule has 1 aliphatic rings. The molecule has 2 rings (SSSR count). The third-order valence-electron chi connectivity index (χ3n) is 3.23. The molecule has 1 heteroatoms. The molecule has 1 aromatic heterocycles. The average molecular weight is 191 g/mol. The molecule has 0 amide bonds. The lowest BCUT2D eigenvalue weighted by Crippen LogP contribution is -2.09. The van der Waals surface area contributed by atoms with Crippen LogP contribution in [0.4, 0.5) is 0 Å². The Bertz CT molecular complexity index is 331. The summed E-state index contributed by atoms with van der Waals surface area (Å²) < 4.78 is 2.56. The summed E-state index contributed by atoms with van der Waals surface area (Å²) in [6.45, 7) is 9.18. The molecule has 0 unspecified atom stereocenters. The van der Waals surface area contributed by atoms with Gasteiger partial charge in [-0.1, -0.05) is 13.8 Å². The van der Waals surface area contributed by atoms with Crippen LogP contribution in [-0.4, -0.2) is 4.57 Å². The Morgan fingerprint density at radius 2 is 1.86 bits per heavy atom. The fraction of sp³-hybridized carbons (Fsp3) is 0.692. The summed E-state index contributed by atoms with van der Waals surface area (Å²) in [5.74, 6) is 0.656. The standard InChI is InChI=1S/C13H21N/c1-9(2)13-8-11-6-5-7-12(11)14(13)10(3)4/h8-10H,5-7H2,1-4H3. The molecule has 1 aromatic rings. The summed E-state index contributed by atoms with van der Waals surface area (Å²) in [7, 11) is 0. The zero-order chi connectivity index (χ0) is 10.3. The van der Waals surface area contributed by atoms with Gasteiger partial charge in [0.1, 0.15) is 0 Å². The average Bonchev–Trinajstić information content (AvgIpc) is 2.58. The molecule has 0 fully saturated rings. The largest absolute Gasteiger partial charge is 0.346 e. The molecular weight excluding hydrogens is 170 g/mol. The Balaban J connectivity index is 2.51. The zero-order valence-electron chi connectivity index (χ0n) is 9.80. The van der Waals surface area contributed by atoms with Crippen molar-refractivity contribution in [1.29, 1.82) is 0 Å². The topological polar surface area (TPSA) is 4.93 Å². The summed E-state index contributed by atoms with van der Waals surface area (Å²) in [4.78, 5) is 0. The van der Waals surface area contributed by atoms with E-state index in [1.165, 1.54) is 25.0 Å². The van der Waals surface area contributed by atoms with E-state index < -0.39 is 0 Å². The monoisotopic (exact) mass is 191 g/mol. The van der Waals surface area contributed by atoms with Crippen LogP contribution in [0.15, 0.2) is 6.07 Å². The predicted octanol–water partition coefficient (Wildman–Crippen LogP) is 3.68. The first-order chi connectivity index (χ1) is 6.61. The van der Waals surface area contributed by atoms with E-state index in [1.807, 2.05) is 0 Å². The van der Waals surface area contributed by atoms with Crippen molar-refractivity contribution in [2.45, 2.75) is 58.9 Å². The van der Waals surface area contributed by atoms with Crippen LogP contribution in [0.5, 0.6) is 0 Å². The first kappa shape index (κ1) is 9.82. The van der Waals surface area contributed by atoms with Gasteiger partial charge in [0.2, 0.25) is 0 Å². The minimum Gasteiger partial charge on any atom is -0.346 e. The highest BCUT2D eigenvalue weighted by Crippen LogP contribution is 2.32. The second-order valence-electron chi connectivity index (χ2n) is 5.01. The molecule has 78 valence electrons. The van der Waals surface area contributed by atoms with Gasteiger partial charge >= 0.3 is 0 Å². The highest BCUT2D eigenvalue weighted by molar-refractivity contribution is 5.33. The molecule has 0 saturated heterocycles. The predicted molar refractivity (Wildman–Crippen MR) is 60.9 cm³/mol. The first-order valence-electron chi connectivity index (χ1n) is 5.84. The number of aromatic nitrogens is 1. The van der Waals surface area contributed by atoms with Crippen molar-refractivity contribution < 1.29 is 0 Å². The van der Waals surface area contributed by atoms with E-state index in [0.717, 1.165) is 0 Å². The normalized spacial score (nSPS) is 15.6. The molecule has 0 bridgehead atoms. The van der Waals surface area contributed by atoms with Gasteiger partial charge in [0.25, 0.3) is 0 Å². The summed E-state index contributed by atoms with van der Waals surface area (Å²) in [6, 6.07) is 3.06. The summed E-state index contributed by atoms with van der Waals surface area (Å²) in [6.07, 6.45) is 3.95. The number of hydrogen-bond acceptors (Lipinski definition) is 0. The lowest BCUT2D eigenvalue weighted by molar-refractivity contribution is 0.539. The maximum atomic E-state index is 2.56. The molecule has 1 aliphatic carbocycles. The van der Waals surface area contributed by atoms with Gasteiger partial charge in [-0.3, -0.25) is 0 Å². The third-order valence-corrected chi connectivity index (χ3v) is 3.23. The van der Waals surface area contributed by atoms with Crippen molar-refractivity contribution >= 4 is 0 Å². The van der Waals surface area contributed by atoms with Crippen molar-refractivity contribution in [2.75, 3.05) is 0 Å². The SMILES string of the molecule is CC(C)c1cc2c(n1C(C)C)CCC2. The van der Waals surface area contributed by atoms with E-state index in [1.54, 1.807) is 11.3 Å². The van der Waals surface area contributed by atoms with E-state index in [2.05, 4.69) is 38.3 Å². The fourth-order valence-corrected chi connectivity index (χ4v) is 2.64. The van der Waals surface area contributed by atoms with Gasteiger partial charge in [-0.2, -0.15) is 0 Å². The van der Waals surface area contributed by atoms with Gasteiger partial charge in [0.05, 0.1) is 0 Å². The smallest absolute Gasteiger partial charge is 0.0279 e. The van der Waals surface area contributed by atoms with E-state index in [4.69, 9.17) is 0 Å². The van der Waals surface area contributed by atoms with Crippen molar-refractivity contribution in [3.8, 4) is 0 Å². The van der Waals surface area contributed by atoms with Crippen molar-refractivity contribution in [1.82, 2.24) is 4.57 Å². The van der Waals surface area contributed by atoms with Gasteiger partial charge in [0.15, 0.2) is 0 Å². The molecule has 14 heavy (non-hydrogen) atoms. The van der Waals surface area contributed by atoms with Gasteiger partial charge in [-0.25, -0.2) is 0 Å². The maximum Gasteiger partial charge on any atom is 0.0279 e. The van der Waals surface area contributed by atoms with Gasteiger partial charge in [-0.15, -0.1) is 0 Å². The Hall–Kier alpha value is -0.720. The third kappa shape index (κ3) is 1.39. The molecule has 0 aliphatic heterocycles. The molecule has 0 aromatic carbocycles. The summed E-state index contributed by atoms with van der Waals surface area (Å²) in [5, 5.41) is 0. The van der Waals surface area contributed by atoms with Crippen LogP contribution in [0.25, 0.3) is 0 Å². The minimum atomic E-state index is 0.620. The maximum absolute atomic E-state index is 2.56. The van der Waals surface area contributed by atoms with Crippen molar-refractivity contribution in [2.24, 2.45) is 0 Å². The molecule has 0 spiro atoms. The van der Waals surface area contributed by atoms with E-state index in [-0.39, 0.29) is 0 Å². The minimum absolute atomic E-state index is 0.620. The van der Waals surface area contributed by atoms with Gasteiger partial charge < -0.3 is 4.57 Å². The van der Waals surface area contributed by atoms with Crippen LogP contribution in [0.3, 0.4) is 0 Å². The first-order valence-corrected chi connectivity index (χ1v) is 5.84. The molecule has 0 atom stereocenters. The second-order valence-corrected chi connectivity index (χ2v) is 5.01. The molecule has 0 saturated carbocycles. The summed E-state index contributed by atoms with van der Waals surface area (Å²) >= 11 is 0. The van der Waals surface area contributed by atoms with Crippen molar-refractivity contribution in [3.05, 3.63) is 23.0 Å². The summed E-state index contributed by atoms with van der Waals surface area (Å²) in [5.41, 5.74) is 4.76. The number of nitrogens with zero attached hydrogens (tertiary/aromatic N) is 1. The molecule has 1 nitrogen and oxygen atoms in total. The molecule has 0 radical (unpaired) electrons. The van der Waals surface area contributed by atoms with Gasteiger partial charge in [0, 0.05) is 17.4 Å². The number of hydrogen-bond donors (Lipinski definition) is 0. The Morgan fingerprint density at radius 3 is 2.43 bits per heavy atom. The quantitative estimate of drug-likeness (QED) is 0.672. The Labute approximate surface area is 87.1 Å². The Kier molecular flexibility index (Phi) is 2.42. The number of rotatable bonds is 2. The number of fused-ring (bicyclic) bond motifs is 1. The van der Waals surface area contributed by atoms with Crippen LogP contribution in [0, 0.1) is 0 Å². The molecular formula is C13H21N. The molecule has 1 heterocycles. The van der Waals surface area contributed by atoms with Crippen LogP contribution in [0.1, 0.15) is 63.0 Å². The van der Waals surface area contributed by atoms with Crippen molar-refractivity contribution in [3.63, 3.8) is 0 Å².